The van der Waals surface area contributed by atoms with Gasteiger partial charge in [-0.3, -0.25) is 4.68 Å². The first-order valence-electron chi connectivity index (χ1n) is 17.6. The number of aromatic nitrogens is 4. The SMILES string of the molecule is Cc1ccnc(-n2c3[c-]c(Oc4[c-]c(-n5nc(C)c(-c6ccccc6)c5C)cc(C(C)(C)C)c4)ccc3c3cc(CCC(C)(C)C)ccc32)c1.[Pt+2]. The Bertz CT molecular complexity index is 2350. The Morgan fingerprint density at radius 2 is 1.53 bits per heavy atom. The first-order valence-corrected chi connectivity index (χ1v) is 17.6. The van der Waals surface area contributed by atoms with Crippen LogP contribution in [0.3, 0.4) is 0 Å². The molecule has 4 aromatic carbocycles. The number of rotatable bonds is 7. The second-order valence-corrected chi connectivity index (χ2v) is 15.8. The minimum Gasteiger partial charge on any atom is -0.509 e. The van der Waals surface area contributed by atoms with Gasteiger partial charge in [-0.25, -0.2) is 4.98 Å². The molecule has 3 aromatic heterocycles. The van der Waals surface area contributed by atoms with Crippen LogP contribution in [0.4, 0.5) is 0 Å². The number of aryl methyl sites for hydroxylation is 3. The molecule has 5 nitrogen and oxygen atoms in total. The summed E-state index contributed by atoms with van der Waals surface area (Å²) in [7, 11) is 0. The molecule has 262 valence electrons. The molecule has 0 unspecified atom stereocenters. The predicted molar refractivity (Wildman–Crippen MR) is 206 cm³/mol. The molecule has 0 aliphatic heterocycles. The molecule has 0 aliphatic carbocycles. The Morgan fingerprint density at radius 3 is 2.24 bits per heavy atom. The van der Waals surface area contributed by atoms with Gasteiger partial charge in [-0.1, -0.05) is 89.5 Å². The van der Waals surface area contributed by atoms with Crippen LogP contribution < -0.4 is 4.74 Å². The Morgan fingerprint density at radius 1 is 0.765 bits per heavy atom. The van der Waals surface area contributed by atoms with E-state index in [1.807, 2.05) is 29.1 Å². The summed E-state index contributed by atoms with van der Waals surface area (Å²) in [4.78, 5) is 4.80. The molecule has 6 heteroatoms. The fourth-order valence-electron chi connectivity index (χ4n) is 6.74. The second kappa shape index (κ2) is 13.9. The van der Waals surface area contributed by atoms with E-state index in [4.69, 9.17) is 14.8 Å². The third-order valence-corrected chi connectivity index (χ3v) is 9.51. The number of hydrogen-bond acceptors (Lipinski definition) is 3. The van der Waals surface area contributed by atoms with E-state index < -0.39 is 0 Å². The van der Waals surface area contributed by atoms with Crippen molar-refractivity contribution in [1.82, 2.24) is 19.3 Å². The van der Waals surface area contributed by atoms with Gasteiger partial charge in [-0.05, 0) is 90.4 Å². The smallest absolute Gasteiger partial charge is 0.509 e. The standard InChI is InChI=1S/C45H46N4O.Pt/c1-29-20-22-46-42(23-29)48-40-18-15-32(19-21-44(4,5)6)24-39(40)38-17-16-36(28-41(38)48)50-37-26-34(45(7,8)9)25-35(27-37)49-31(3)43(30(2)47-49)33-13-11-10-12-14-33;/h10-18,20,22-26H,19,21H2,1-9H3;/q-2;+2. The third-order valence-electron chi connectivity index (χ3n) is 9.51. The zero-order chi connectivity index (χ0) is 35.4. The zero-order valence-electron chi connectivity index (χ0n) is 31.1. The second-order valence-electron chi connectivity index (χ2n) is 15.8. The Labute approximate surface area is 317 Å². The number of fused-ring (bicyclic) bond motifs is 3. The molecule has 0 amide bonds. The fourth-order valence-corrected chi connectivity index (χ4v) is 6.74. The molecule has 0 aliphatic rings. The van der Waals surface area contributed by atoms with E-state index in [9.17, 15) is 0 Å². The molecule has 3 heterocycles. The maximum atomic E-state index is 6.67. The van der Waals surface area contributed by atoms with E-state index in [-0.39, 0.29) is 31.9 Å². The van der Waals surface area contributed by atoms with E-state index >= 15 is 0 Å². The van der Waals surface area contributed by atoms with Crippen molar-refractivity contribution in [2.75, 3.05) is 0 Å². The third kappa shape index (κ3) is 7.46. The number of pyridine rings is 1. The summed E-state index contributed by atoms with van der Waals surface area (Å²) in [5, 5.41) is 7.31. The van der Waals surface area contributed by atoms with Crippen LogP contribution in [0.5, 0.6) is 11.5 Å². The topological polar surface area (TPSA) is 44.9 Å². The largest absolute Gasteiger partial charge is 2.00 e. The van der Waals surface area contributed by atoms with Crippen LogP contribution in [-0.2, 0) is 32.9 Å². The van der Waals surface area contributed by atoms with Crippen molar-refractivity contribution in [1.29, 1.82) is 0 Å². The van der Waals surface area contributed by atoms with Gasteiger partial charge in [0.05, 0.1) is 5.69 Å². The molecule has 7 aromatic rings. The van der Waals surface area contributed by atoms with Gasteiger partial charge in [0.1, 0.15) is 5.82 Å². The van der Waals surface area contributed by atoms with Crippen LogP contribution >= 0.6 is 0 Å². The van der Waals surface area contributed by atoms with Crippen molar-refractivity contribution in [2.24, 2.45) is 5.41 Å². The van der Waals surface area contributed by atoms with Crippen LogP contribution in [-0.4, -0.2) is 19.3 Å². The molecule has 0 radical (unpaired) electrons. The van der Waals surface area contributed by atoms with Gasteiger partial charge < -0.3 is 9.30 Å². The molecule has 0 N–H and O–H groups in total. The summed E-state index contributed by atoms with van der Waals surface area (Å²) in [6.45, 7) is 19.8. The Hall–Kier alpha value is -4.47. The molecule has 0 atom stereocenters. The molecular weight excluding hydrogens is 808 g/mol. The number of hydrogen-bond donors (Lipinski definition) is 0. The average molecular weight is 854 g/mol. The first kappa shape index (κ1) is 36.3. The summed E-state index contributed by atoms with van der Waals surface area (Å²) < 4.78 is 10.9. The van der Waals surface area contributed by atoms with Crippen molar-refractivity contribution in [3.05, 3.63) is 131 Å². The van der Waals surface area contributed by atoms with E-state index in [2.05, 4.69) is 146 Å². The van der Waals surface area contributed by atoms with E-state index in [0.717, 1.165) is 74.4 Å². The first-order chi connectivity index (χ1) is 23.7. The van der Waals surface area contributed by atoms with Crippen molar-refractivity contribution in [3.63, 3.8) is 0 Å². The van der Waals surface area contributed by atoms with E-state index in [0.29, 0.717) is 11.5 Å². The molecule has 0 bridgehead atoms. The minimum absolute atomic E-state index is 0. The van der Waals surface area contributed by atoms with Crippen molar-refractivity contribution < 1.29 is 25.8 Å². The average Bonchev–Trinajstić information content (AvgIpc) is 3.55. The van der Waals surface area contributed by atoms with Crippen LogP contribution in [0.15, 0.2) is 91.1 Å². The van der Waals surface area contributed by atoms with Crippen molar-refractivity contribution in [2.45, 2.75) is 80.6 Å². The maximum absolute atomic E-state index is 6.67. The van der Waals surface area contributed by atoms with Crippen molar-refractivity contribution in [3.8, 4) is 34.1 Å². The van der Waals surface area contributed by atoms with Gasteiger partial charge in [0.25, 0.3) is 0 Å². The summed E-state index contributed by atoms with van der Waals surface area (Å²) in [6, 6.07) is 37.1. The van der Waals surface area contributed by atoms with E-state index in [1.54, 1.807) is 0 Å². The predicted octanol–water partition coefficient (Wildman–Crippen LogP) is 11.6. The van der Waals surface area contributed by atoms with Crippen LogP contribution in [0.2, 0.25) is 0 Å². The van der Waals surface area contributed by atoms with Gasteiger partial charge in [0.2, 0.25) is 0 Å². The molecule has 0 fully saturated rings. The molecule has 0 spiro atoms. The quantitative estimate of drug-likeness (QED) is 0.150. The maximum Gasteiger partial charge on any atom is 2.00 e. The van der Waals surface area contributed by atoms with Gasteiger partial charge in [0, 0.05) is 34.5 Å². The monoisotopic (exact) mass is 853 g/mol. The van der Waals surface area contributed by atoms with Crippen LogP contribution in [0, 0.1) is 38.3 Å². The Kier molecular flexibility index (Phi) is 9.91. The van der Waals surface area contributed by atoms with Crippen molar-refractivity contribution >= 4 is 21.8 Å². The Balaban J connectivity index is 0.00000448. The molecular formula is C45H46N4OPt. The fraction of sp³-hybridized carbons (Fsp3) is 0.289. The number of nitrogens with zero attached hydrogens (tertiary/aromatic N) is 4. The van der Waals surface area contributed by atoms with Gasteiger partial charge >= 0.3 is 21.1 Å². The zero-order valence-corrected chi connectivity index (χ0v) is 33.4. The molecule has 0 saturated heterocycles. The number of benzene rings is 4. The van der Waals surface area contributed by atoms with Crippen LogP contribution in [0.1, 0.15) is 76.0 Å². The van der Waals surface area contributed by atoms with E-state index in [1.165, 1.54) is 10.9 Å². The summed E-state index contributed by atoms with van der Waals surface area (Å²) >= 11 is 0. The summed E-state index contributed by atoms with van der Waals surface area (Å²) in [5.41, 5.74) is 11.0. The van der Waals surface area contributed by atoms with Gasteiger partial charge in [-0.15, -0.1) is 41.3 Å². The van der Waals surface area contributed by atoms with Gasteiger partial charge in [0.15, 0.2) is 0 Å². The molecule has 51 heavy (non-hydrogen) atoms. The van der Waals surface area contributed by atoms with Gasteiger partial charge in [-0.2, -0.15) is 11.2 Å². The number of ether oxygens (including phenoxy) is 1. The summed E-state index contributed by atoms with van der Waals surface area (Å²) in [5.74, 6) is 2.11. The molecule has 7 rings (SSSR count). The summed E-state index contributed by atoms with van der Waals surface area (Å²) in [6.07, 6.45) is 4.03. The van der Waals surface area contributed by atoms with Crippen LogP contribution in [0.25, 0.3) is 44.4 Å². The normalized spacial score (nSPS) is 12.0. The minimum atomic E-state index is -0.123. The molecule has 0 saturated carbocycles.